The number of rotatable bonds is 6. The maximum absolute atomic E-state index is 14.6. The molecule has 30 heavy (non-hydrogen) atoms. The van der Waals surface area contributed by atoms with E-state index in [1.165, 1.54) is 6.07 Å². The minimum Gasteiger partial charge on any atom is -0.489 e. The summed E-state index contributed by atoms with van der Waals surface area (Å²) in [6, 6.07) is 12.2. The fourth-order valence-electron chi connectivity index (χ4n) is 3.52. The standard InChI is InChI=1S/C22H22F2N4O2/c1-22(13-29-12-20(25)28-22)17-10-15(5-6-18(17)24)27-19-4-2-3-14-9-16(30-8-7-23)11-26-21(14)19/h2-6,9-11,27H,7-8,12-13H2,1H3,(H2,25,28). The van der Waals surface area contributed by atoms with Gasteiger partial charge in [0.05, 0.1) is 24.0 Å². The van der Waals surface area contributed by atoms with Crippen LogP contribution in [0.2, 0.25) is 0 Å². The molecule has 0 amide bonds. The molecule has 0 spiro atoms. The Morgan fingerprint density at radius 2 is 2.13 bits per heavy atom. The fourth-order valence-corrected chi connectivity index (χ4v) is 3.52. The van der Waals surface area contributed by atoms with Gasteiger partial charge in [-0.05, 0) is 37.3 Å². The Balaban J connectivity index is 1.66. The van der Waals surface area contributed by atoms with E-state index in [0.717, 1.165) is 11.1 Å². The Labute approximate surface area is 172 Å². The van der Waals surface area contributed by atoms with Crippen molar-refractivity contribution in [1.82, 2.24) is 4.98 Å². The van der Waals surface area contributed by atoms with Crippen molar-refractivity contribution in [3.63, 3.8) is 0 Å². The average molecular weight is 412 g/mol. The van der Waals surface area contributed by atoms with Crippen molar-refractivity contribution in [2.45, 2.75) is 12.5 Å². The first kappa shape index (κ1) is 20.0. The van der Waals surface area contributed by atoms with Crippen molar-refractivity contribution >= 4 is 28.1 Å². The first-order valence-electron chi connectivity index (χ1n) is 9.55. The number of ether oxygens (including phenoxy) is 2. The molecule has 6 nitrogen and oxygen atoms in total. The van der Waals surface area contributed by atoms with Gasteiger partial charge >= 0.3 is 0 Å². The molecule has 0 saturated heterocycles. The van der Waals surface area contributed by atoms with Gasteiger partial charge in [-0.3, -0.25) is 9.98 Å². The van der Waals surface area contributed by atoms with Crippen molar-refractivity contribution in [2.24, 2.45) is 10.7 Å². The Hall–Kier alpha value is -3.26. The lowest BCUT2D eigenvalue weighted by Crippen LogP contribution is -2.38. The van der Waals surface area contributed by atoms with Crippen molar-refractivity contribution in [3.05, 3.63) is 60.0 Å². The Kier molecular flexibility index (Phi) is 5.50. The number of pyridine rings is 1. The number of hydrogen-bond acceptors (Lipinski definition) is 6. The van der Waals surface area contributed by atoms with Crippen LogP contribution in [0.5, 0.6) is 5.75 Å². The molecule has 3 aromatic rings. The highest BCUT2D eigenvalue weighted by molar-refractivity contribution is 5.92. The van der Waals surface area contributed by atoms with Crippen LogP contribution < -0.4 is 15.8 Å². The SMILES string of the molecule is CC1(c2cc(Nc3cccc4cc(OCCF)cnc34)ccc2F)COCC(N)=N1. The number of fused-ring (bicyclic) bond motifs is 1. The number of alkyl halides is 1. The van der Waals surface area contributed by atoms with Crippen molar-refractivity contribution in [1.29, 1.82) is 0 Å². The number of hydrogen-bond donors (Lipinski definition) is 2. The molecule has 0 saturated carbocycles. The highest BCUT2D eigenvalue weighted by Crippen LogP contribution is 2.34. The summed E-state index contributed by atoms with van der Waals surface area (Å²) in [6.07, 6.45) is 1.55. The highest BCUT2D eigenvalue weighted by atomic mass is 19.1. The number of nitrogens with zero attached hydrogens (tertiary/aromatic N) is 2. The van der Waals surface area contributed by atoms with Crippen LogP contribution in [0.15, 0.2) is 53.7 Å². The maximum Gasteiger partial charge on any atom is 0.138 e. The second-order valence-electron chi connectivity index (χ2n) is 7.28. The number of halogens is 2. The van der Waals surface area contributed by atoms with E-state index in [4.69, 9.17) is 15.2 Å². The summed E-state index contributed by atoms with van der Waals surface area (Å²) in [5.74, 6) is 0.461. The summed E-state index contributed by atoms with van der Waals surface area (Å²) in [7, 11) is 0. The Morgan fingerprint density at radius 3 is 2.93 bits per heavy atom. The Morgan fingerprint density at radius 1 is 1.27 bits per heavy atom. The molecule has 0 fully saturated rings. The summed E-state index contributed by atoms with van der Waals surface area (Å²) in [5, 5.41) is 4.13. The van der Waals surface area contributed by atoms with Crippen LogP contribution in [0.3, 0.4) is 0 Å². The van der Waals surface area contributed by atoms with Crippen LogP contribution in [0.1, 0.15) is 12.5 Å². The zero-order valence-corrected chi connectivity index (χ0v) is 16.5. The molecule has 1 aromatic heterocycles. The van der Waals surface area contributed by atoms with Crippen LogP contribution in [0, 0.1) is 5.82 Å². The summed E-state index contributed by atoms with van der Waals surface area (Å²) in [5.41, 5.74) is 7.45. The number of para-hydroxylation sites is 1. The lowest BCUT2D eigenvalue weighted by Gasteiger charge is -2.30. The molecule has 1 aliphatic heterocycles. The van der Waals surface area contributed by atoms with Gasteiger partial charge in [0.25, 0.3) is 0 Å². The predicted octanol–water partition coefficient (Wildman–Crippen LogP) is 4.07. The largest absolute Gasteiger partial charge is 0.489 e. The number of nitrogens with two attached hydrogens (primary N) is 1. The van der Waals surface area contributed by atoms with E-state index in [1.54, 1.807) is 31.3 Å². The lowest BCUT2D eigenvalue weighted by atomic mass is 9.91. The first-order valence-corrected chi connectivity index (χ1v) is 9.55. The summed E-state index contributed by atoms with van der Waals surface area (Å²) >= 11 is 0. The van der Waals surface area contributed by atoms with Gasteiger partial charge in [0.1, 0.15) is 42.8 Å². The van der Waals surface area contributed by atoms with Crippen LogP contribution in [0.25, 0.3) is 10.9 Å². The summed E-state index contributed by atoms with van der Waals surface area (Å²) < 4.78 is 37.7. The molecule has 156 valence electrons. The molecular formula is C22H22F2N4O2. The van der Waals surface area contributed by atoms with Crippen LogP contribution in [-0.4, -0.2) is 37.3 Å². The van der Waals surface area contributed by atoms with E-state index in [9.17, 15) is 8.78 Å². The molecule has 1 unspecified atom stereocenters. The van der Waals surface area contributed by atoms with Crippen LogP contribution in [-0.2, 0) is 10.3 Å². The minimum absolute atomic E-state index is 0.0149. The number of aromatic nitrogens is 1. The maximum atomic E-state index is 14.6. The number of benzene rings is 2. The van der Waals surface area contributed by atoms with Gasteiger partial charge in [-0.2, -0.15) is 0 Å². The van der Waals surface area contributed by atoms with Gasteiger partial charge in [0.15, 0.2) is 0 Å². The van der Waals surface area contributed by atoms with Gasteiger partial charge in [-0.15, -0.1) is 0 Å². The quantitative estimate of drug-likeness (QED) is 0.638. The number of amidine groups is 1. The van der Waals surface area contributed by atoms with Crippen LogP contribution in [0.4, 0.5) is 20.2 Å². The molecule has 0 aliphatic carbocycles. The molecule has 0 bridgehead atoms. The van der Waals surface area contributed by atoms with Gasteiger partial charge in [-0.1, -0.05) is 12.1 Å². The Bertz CT molecular complexity index is 1110. The van der Waals surface area contributed by atoms with Gasteiger partial charge < -0.3 is 20.5 Å². The molecule has 1 atom stereocenters. The number of anilines is 2. The fraction of sp³-hybridized carbons (Fsp3) is 0.273. The summed E-state index contributed by atoms with van der Waals surface area (Å²) in [4.78, 5) is 8.87. The van der Waals surface area contributed by atoms with Gasteiger partial charge in [0, 0.05) is 16.6 Å². The molecule has 3 N–H and O–H groups in total. The number of nitrogens with one attached hydrogen (secondary N) is 1. The van der Waals surface area contributed by atoms with Gasteiger partial charge in [0.2, 0.25) is 0 Å². The molecular weight excluding hydrogens is 390 g/mol. The predicted molar refractivity (Wildman–Crippen MR) is 113 cm³/mol. The molecule has 1 aliphatic rings. The monoisotopic (exact) mass is 412 g/mol. The van der Waals surface area contributed by atoms with Crippen LogP contribution >= 0.6 is 0 Å². The molecule has 8 heteroatoms. The third-order valence-electron chi connectivity index (χ3n) is 4.88. The van der Waals surface area contributed by atoms with E-state index < -0.39 is 12.2 Å². The van der Waals surface area contributed by atoms with Gasteiger partial charge in [-0.25, -0.2) is 8.78 Å². The molecule has 0 radical (unpaired) electrons. The van der Waals surface area contributed by atoms with Crippen molar-refractivity contribution in [2.75, 3.05) is 31.8 Å². The normalized spacial score (nSPS) is 18.8. The smallest absolute Gasteiger partial charge is 0.138 e. The topological polar surface area (TPSA) is 81.8 Å². The molecule has 2 heterocycles. The highest BCUT2D eigenvalue weighted by Gasteiger charge is 2.32. The third kappa shape index (κ3) is 4.04. The van der Waals surface area contributed by atoms with E-state index in [0.29, 0.717) is 28.4 Å². The second-order valence-corrected chi connectivity index (χ2v) is 7.28. The van der Waals surface area contributed by atoms with E-state index in [2.05, 4.69) is 15.3 Å². The molecule has 4 rings (SSSR count). The van der Waals surface area contributed by atoms with Crippen molar-refractivity contribution in [3.8, 4) is 5.75 Å². The van der Waals surface area contributed by atoms with E-state index >= 15 is 0 Å². The van der Waals surface area contributed by atoms with Crippen molar-refractivity contribution < 1.29 is 18.3 Å². The van der Waals surface area contributed by atoms with E-state index in [1.807, 2.05) is 18.2 Å². The minimum atomic E-state index is -0.899. The third-order valence-corrected chi connectivity index (χ3v) is 4.88. The van der Waals surface area contributed by atoms with E-state index in [-0.39, 0.29) is 25.6 Å². The summed E-state index contributed by atoms with van der Waals surface area (Å²) in [6.45, 7) is 1.70. The average Bonchev–Trinajstić information content (AvgIpc) is 2.73. The first-order chi connectivity index (χ1) is 14.5. The molecule has 2 aromatic carbocycles. The zero-order valence-electron chi connectivity index (χ0n) is 16.5. The zero-order chi connectivity index (χ0) is 21.1. The lowest BCUT2D eigenvalue weighted by molar-refractivity contribution is 0.104. The second kappa shape index (κ2) is 8.23. The number of aliphatic imine (C=N–C) groups is 1.